The van der Waals surface area contributed by atoms with Gasteiger partial charge in [0.15, 0.2) is 5.84 Å². The summed E-state index contributed by atoms with van der Waals surface area (Å²) in [6, 6.07) is 9.91. The molecule has 6 heteroatoms. The number of hydrogen-bond acceptors (Lipinski definition) is 4. The predicted molar refractivity (Wildman–Crippen MR) is 73.7 cm³/mol. The molecule has 104 valence electrons. The van der Waals surface area contributed by atoms with Crippen molar-refractivity contribution >= 4 is 5.84 Å². The Morgan fingerprint density at radius 3 is 2.60 bits per heavy atom. The third-order valence-corrected chi connectivity index (χ3v) is 2.77. The van der Waals surface area contributed by atoms with Crippen LogP contribution in [0.4, 0.5) is 4.39 Å². The molecule has 5 nitrogen and oxygen atoms in total. The Morgan fingerprint density at radius 2 is 1.90 bits per heavy atom. The summed E-state index contributed by atoms with van der Waals surface area (Å²) in [5.41, 5.74) is 7.86. The zero-order valence-corrected chi connectivity index (χ0v) is 10.8. The van der Waals surface area contributed by atoms with Gasteiger partial charge in [-0.15, -0.1) is 0 Å². The van der Waals surface area contributed by atoms with Crippen molar-refractivity contribution in [3.05, 3.63) is 65.2 Å². The van der Waals surface area contributed by atoms with Crippen LogP contribution in [0.1, 0.15) is 16.8 Å². The molecule has 0 amide bonds. The number of oxime groups is 1. The Bertz CT molecular complexity index is 598. The van der Waals surface area contributed by atoms with E-state index in [0.29, 0.717) is 18.8 Å². The Morgan fingerprint density at radius 1 is 1.20 bits per heavy atom. The molecular formula is C14H15FN4O. The molecule has 0 atom stereocenters. The van der Waals surface area contributed by atoms with Crippen LogP contribution in [0, 0.1) is 5.82 Å². The lowest BCUT2D eigenvalue weighted by molar-refractivity contribution is 0.318. The quantitative estimate of drug-likeness (QED) is 0.335. The average Bonchev–Trinajstić information content (AvgIpc) is 2.49. The lowest BCUT2D eigenvalue weighted by Crippen LogP contribution is -2.17. The monoisotopic (exact) mass is 274 g/mol. The van der Waals surface area contributed by atoms with Crippen LogP contribution in [-0.4, -0.2) is 16.0 Å². The number of nitrogens with one attached hydrogen (secondary N) is 1. The maximum atomic E-state index is 12.8. The fraction of sp³-hybridized carbons (Fsp3) is 0.143. The van der Waals surface area contributed by atoms with Crippen molar-refractivity contribution in [1.29, 1.82) is 0 Å². The fourth-order valence-electron chi connectivity index (χ4n) is 1.73. The molecule has 1 aromatic carbocycles. The average molecular weight is 274 g/mol. The maximum Gasteiger partial charge on any atom is 0.188 e. The summed E-state index contributed by atoms with van der Waals surface area (Å²) in [6.45, 7) is 1.23. The van der Waals surface area contributed by atoms with Gasteiger partial charge in [-0.25, -0.2) is 4.39 Å². The Labute approximate surface area is 116 Å². The Kier molecular flexibility index (Phi) is 4.62. The standard InChI is InChI=1S/C14H15FN4O/c15-12-3-1-10(2-4-12)8-17-9-11-5-6-18-13(7-11)14(16)19-20/h1-7,17,20H,8-9H2,(H2,16,19). The lowest BCUT2D eigenvalue weighted by atomic mass is 10.2. The summed E-state index contributed by atoms with van der Waals surface area (Å²) in [5.74, 6) is -0.267. The molecule has 0 aliphatic heterocycles. The van der Waals surface area contributed by atoms with E-state index in [4.69, 9.17) is 10.9 Å². The molecule has 4 N–H and O–H groups in total. The highest BCUT2D eigenvalue weighted by Gasteiger charge is 2.02. The van der Waals surface area contributed by atoms with Crippen LogP contribution in [-0.2, 0) is 13.1 Å². The van der Waals surface area contributed by atoms with Gasteiger partial charge in [-0.05, 0) is 35.4 Å². The number of amidine groups is 1. The van der Waals surface area contributed by atoms with Crippen molar-refractivity contribution in [3.8, 4) is 0 Å². The summed E-state index contributed by atoms with van der Waals surface area (Å²) in [4.78, 5) is 4.00. The van der Waals surface area contributed by atoms with Gasteiger partial charge < -0.3 is 16.3 Å². The lowest BCUT2D eigenvalue weighted by Gasteiger charge is -2.06. The summed E-state index contributed by atoms with van der Waals surface area (Å²) in [6.07, 6.45) is 1.60. The van der Waals surface area contributed by atoms with Crippen molar-refractivity contribution < 1.29 is 9.60 Å². The first-order chi connectivity index (χ1) is 9.69. The number of pyridine rings is 1. The number of rotatable bonds is 5. The van der Waals surface area contributed by atoms with E-state index in [1.807, 2.05) is 6.07 Å². The van der Waals surface area contributed by atoms with Gasteiger partial charge in [-0.3, -0.25) is 4.98 Å². The molecule has 2 aromatic rings. The van der Waals surface area contributed by atoms with Gasteiger partial charge in [-0.1, -0.05) is 17.3 Å². The van der Waals surface area contributed by atoms with Crippen LogP contribution < -0.4 is 11.1 Å². The first kappa shape index (κ1) is 14.0. The van der Waals surface area contributed by atoms with Gasteiger partial charge in [0.25, 0.3) is 0 Å². The third kappa shape index (κ3) is 3.76. The van der Waals surface area contributed by atoms with Gasteiger partial charge in [0.2, 0.25) is 0 Å². The van der Waals surface area contributed by atoms with Crippen LogP contribution >= 0.6 is 0 Å². The minimum Gasteiger partial charge on any atom is -0.409 e. The molecule has 2 rings (SSSR count). The summed E-state index contributed by atoms with van der Waals surface area (Å²) in [5, 5.41) is 14.7. The van der Waals surface area contributed by atoms with E-state index in [1.165, 1.54) is 12.1 Å². The molecule has 0 unspecified atom stereocenters. The van der Waals surface area contributed by atoms with E-state index in [-0.39, 0.29) is 11.7 Å². The van der Waals surface area contributed by atoms with Gasteiger partial charge in [0.05, 0.1) is 0 Å². The smallest absolute Gasteiger partial charge is 0.188 e. The molecule has 0 spiro atoms. The van der Waals surface area contributed by atoms with Gasteiger partial charge >= 0.3 is 0 Å². The van der Waals surface area contributed by atoms with E-state index in [0.717, 1.165) is 11.1 Å². The summed E-state index contributed by atoms with van der Waals surface area (Å²) in [7, 11) is 0. The summed E-state index contributed by atoms with van der Waals surface area (Å²) < 4.78 is 12.8. The van der Waals surface area contributed by atoms with Crippen LogP contribution in [0.5, 0.6) is 0 Å². The molecule has 1 aromatic heterocycles. The summed E-state index contributed by atoms with van der Waals surface area (Å²) >= 11 is 0. The van der Waals surface area contributed by atoms with E-state index in [2.05, 4.69) is 15.5 Å². The number of benzene rings is 1. The number of nitrogens with two attached hydrogens (primary N) is 1. The second kappa shape index (κ2) is 6.63. The number of halogens is 1. The zero-order chi connectivity index (χ0) is 14.4. The van der Waals surface area contributed by atoms with Crippen LogP contribution in [0.25, 0.3) is 0 Å². The molecule has 0 saturated heterocycles. The number of hydrogen-bond donors (Lipinski definition) is 3. The Hall–Kier alpha value is -2.47. The molecule has 0 radical (unpaired) electrons. The molecule has 0 aliphatic carbocycles. The molecule has 0 aliphatic rings. The molecule has 20 heavy (non-hydrogen) atoms. The van der Waals surface area contributed by atoms with Crippen LogP contribution in [0.15, 0.2) is 47.8 Å². The maximum absolute atomic E-state index is 12.8. The Balaban J connectivity index is 1.92. The first-order valence-electron chi connectivity index (χ1n) is 6.07. The molecule has 0 bridgehead atoms. The number of aromatic nitrogens is 1. The van der Waals surface area contributed by atoms with E-state index in [9.17, 15) is 4.39 Å². The van der Waals surface area contributed by atoms with E-state index >= 15 is 0 Å². The van der Waals surface area contributed by atoms with Crippen LogP contribution in [0.2, 0.25) is 0 Å². The molecule has 1 heterocycles. The highest BCUT2D eigenvalue weighted by atomic mass is 19.1. The minimum atomic E-state index is -0.244. The number of nitrogens with zero attached hydrogens (tertiary/aromatic N) is 2. The van der Waals surface area contributed by atoms with Crippen molar-refractivity contribution in [2.75, 3.05) is 0 Å². The normalized spacial score (nSPS) is 11.6. The van der Waals surface area contributed by atoms with E-state index < -0.39 is 0 Å². The van der Waals surface area contributed by atoms with Gasteiger partial charge in [0, 0.05) is 19.3 Å². The zero-order valence-electron chi connectivity index (χ0n) is 10.8. The topological polar surface area (TPSA) is 83.5 Å². The highest BCUT2D eigenvalue weighted by Crippen LogP contribution is 2.04. The van der Waals surface area contributed by atoms with E-state index in [1.54, 1.807) is 24.4 Å². The second-order valence-corrected chi connectivity index (χ2v) is 4.26. The largest absolute Gasteiger partial charge is 0.409 e. The van der Waals surface area contributed by atoms with Crippen molar-refractivity contribution in [1.82, 2.24) is 10.3 Å². The molecular weight excluding hydrogens is 259 g/mol. The SMILES string of the molecule is NC(=NO)c1cc(CNCc2ccc(F)cc2)ccn1. The fourth-order valence-corrected chi connectivity index (χ4v) is 1.73. The van der Waals surface area contributed by atoms with Gasteiger partial charge in [0.1, 0.15) is 11.5 Å². The highest BCUT2D eigenvalue weighted by molar-refractivity contribution is 5.95. The molecule has 0 saturated carbocycles. The minimum absolute atomic E-state index is 0.0228. The first-order valence-corrected chi connectivity index (χ1v) is 6.07. The van der Waals surface area contributed by atoms with Crippen LogP contribution in [0.3, 0.4) is 0 Å². The van der Waals surface area contributed by atoms with Crippen molar-refractivity contribution in [3.63, 3.8) is 0 Å². The van der Waals surface area contributed by atoms with Crippen molar-refractivity contribution in [2.24, 2.45) is 10.9 Å². The van der Waals surface area contributed by atoms with Gasteiger partial charge in [-0.2, -0.15) is 0 Å². The van der Waals surface area contributed by atoms with Crippen molar-refractivity contribution in [2.45, 2.75) is 13.1 Å². The molecule has 0 fully saturated rings. The second-order valence-electron chi connectivity index (χ2n) is 4.26. The third-order valence-electron chi connectivity index (χ3n) is 2.77. The predicted octanol–water partition coefficient (Wildman–Crippen LogP) is 1.60.